The molecule has 0 spiro atoms. The molecule has 1 fully saturated rings. The highest BCUT2D eigenvalue weighted by atomic mass is 35.5. The van der Waals surface area contributed by atoms with Gasteiger partial charge in [-0.3, -0.25) is 4.79 Å². The molecule has 118 valence electrons. The van der Waals surface area contributed by atoms with E-state index in [1.165, 1.54) is 6.07 Å². The summed E-state index contributed by atoms with van der Waals surface area (Å²) < 4.78 is 27.7. The topological polar surface area (TPSA) is 41.1 Å². The summed E-state index contributed by atoms with van der Waals surface area (Å²) in [4.78, 5) is 11.9. The van der Waals surface area contributed by atoms with E-state index < -0.39 is 11.6 Å². The minimum atomic E-state index is -0.942. The third-order valence-electron chi connectivity index (χ3n) is 3.63. The van der Waals surface area contributed by atoms with Crippen LogP contribution in [0.2, 0.25) is 0 Å². The number of carbonyl (C=O) groups excluding carboxylic acids is 1. The molecule has 3 nitrogen and oxygen atoms in total. The van der Waals surface area contributed by atoms with Gasteiger partial charge in [0.25, 0.3) is 5.91 Å². The van der Waals surface area contributed by atoms with Crippen molar-refractivity contribution in [1.29, 1.82) is 0 Å². The zero-order chi connectivity index (χ0) is 14.5. The SMILES string of the molecule is CCCNC(=O)c1cc(F)c(F)c(C2CCNCC2)c1.Cl. The molecule has 1 aromatic carbocycles. The van der Waals surface area contributed by atoms with Crippen LogP contribution in [-0.2, 0) is 0 Å². The summed E-state index contributed by atoms with van der Waals surface area (Å²) in [6.07, 6.45) is 2.32. The van der Waals surface area contributed by atoms with Crippen molar-refractivity contribution in [2.75, 3.05) is 19.6 Å². The van der Waals surface area contributed by atoms with Gasteiger partial charge in [0, 0.05) is 12.1 Å². The van der Waals surface area contributed by atoms with Gasteiger partial charge in [0.15, 0.2) is 11.6 Å². The van der Waals surface area contributed by atoms with Gasteiger partial charge < -0.3 is 10.6 Å². The van der Waals surface area contributed by atoms with Crippen molar-refractivity contribution in [3.8, 4) is 0 Å². The summed E-state index contributed by atoms with van der Waals surface area (Å²) in [5.74, 6) is -2.13. The molecule has 0 bridgehead atoms. The van der Waals surface area contributed by atoms with Gasteiger partial charge in [0.2, 0.25) is 0 Å². The van der Waals surface area contributed by atoms with Crippen LogP contribution in [0.3, 0.4) is 0 Å². The fourth-order valence-electron chi connectivity index (χ4n) is 2.51. The molecule has 2 rings (SSSR count). The van der Waals surface area contributed by atoms with Crippen molar-refractivity contribution in [2.45, 2.75) is 32.1 Å². The molecule has 2 N–H and O–H groups in total. The summed E-state index contributed by atoms with van der Waals surface area (Å²) in [5.41, 5.74) is 0.527. The number of rotatable bonds is 4. The van der Waals surface area contributed by atoms with Gasteiger partial charge in [-0.25, -0.2) is 8.78 Å². The van der Waals surface area contributed by atoms with Crippen LogP contribution in [0.25, 0.3) is 0 Å². The second-order valence-electron chi connectivity index (χ2n) is 5.14. The van der Waals surface area contributed by atoms with E-state index >= 15 is 0 Å². The maximum atomic E-state index is 14.0. The largest absolute Gasteiger partial charge is 0.352 e. The van der Waals surface area contributed by atoms with Gasteiger partial charge >= 0.3 is 0 Å². The van der Waals surface area contributed by atoms with E-state index in [9.17, 15) is 13.6 Å². The molecule has 1 amide bonds. The van der Waals surface area contributed by atoms with E-state index in [2.05, 4.69) is 10.6 Å². The number of halogens is 3. The van der Waals surface area contributed by atoms with E-state index in [4.69, 9.17) is 0 Å². The van der Waals surface area contributed by atoms with Crippen LogP contribution in [0.4, 0.5) is 8.78 Å². The van der Waals surface area contributed by atoms with E-state index in [1.54, 1.807) is 0 Å². The molecular weight excluding hydrogens is 298 g/mol. The Morgan fingerprint density at radius 3 is 2.62 bits per heavy atom. The lowest BCUT2D eigenvalue weighted by atomic mass is 9.88. The van der Waals surface area contributed by atoms with Gasteiger partial charge in [0.05, 0.1) is 0 Å². The van der Waals surface area contributed by atoms with E-state index in [1.807, 2.05) is 6.92 Å². The number of nitrogens with one attached hydrogen (secondary N) is 2. The first-order chi connectivity index (χ1) is 9.63. The Hall–Kier alpha value is -1.20. The summed E-state index contributed by atoms with van der Waals surface area (Å²) >= 11 is 0. The van der Waals surface area contributed by atoms with Crippen LogP contribution in [-0.4, -0.2) is 25.5 Å². The minimum Gasteiger partial charge on any atom is -0.352 e. The Morgan fingerprint density at radius 2 is 2.00 bits per heavy atom. The van der Waals surface area contributed by atoms with E-state index in [0.29, 0.717) is 12.1 Å². The number of piperidine rings is 1. The monoisotopic (exact) mass is 318 g/mol. The van der Waals surface area contributed by atoms with Crippen molar-refractivity contribution in [3.05, 3.63) is 34.9 Å². The first kappa shape index (κ1) is 17.9. The lowest BCUT2D eigenvalue weighted by molar-refractivity contribution is 0.0953. The summed E-state index contributed by atoms with van der Waals surface area (Å²) in [7, 11) is 0. The second-order valence-corrected chi connectivity index (χ2v) is 5.14. The smallest absolute Gasteiger partial charge is 0.251 e. The fourth-order valence-corrected chi connectivity index (χ4v) is 2.51. The maximum Gasteiger partial charge on any atom is 0.251 e. The zero-order valence-electron chi connectivity index (χ0n) is 12.0. The third kappa shape index (κ3) is 4.38. The molecule has 1 heterocycles. The highest BCUT2D eigenvalue weighted by Gasteiger charge is 2.23. The average Bonchev–Trinajstić information content (AvgIpc) is 2.48. The molecule has 6 heteroatoms. The first-order valence-electron chi connectivity index (χ1n) is 7.11. The standard InChI is InChI=1S/C15H20F2N2O.ClH/c1-2-5-19-15(20)11-8-12(14(17)13(16)9-11)10-3-6-18-7-4-10;/h8-10,18H,2-7H2,1H3,(H,19,20);1H. The Kier molecular flexibility index (Phi) is 7.05. The predicted molar refractivity (Wildman–Crippen MR) is 81.1 cm³/mol. The number of benzene rings is 1. The molecule has 0 saturated carbocycles. The summed E-state index contributed by atoms with van der Waals surface area (Å²) in [6, 6.07) is 2.48. The number of hydrogen-bond donors (Lipinski definition) is 2. The highest BCUT2D eigenvalue weighted by Crippen LogP contribution is 2.29. The second kappa shape index (κ2) is 8.29. The fraction of sp³-hybridized carbons (Fsp3) is 0.533. The molecule has 1 saturated heterocycles. The highest BCUT2D eigenvalue weighted by molar-refractivity contribution is 5.94. The average molecular weight is 319 g/mol. The van der Waals surface area contributed by atoms with Crippen LogP contribution in [0.1, 0.15) is 48.0 Å². The van der Waals surface area contributed by atoms with Gasteiger partial charge in [0.1, 0.15) is 0 Å². The van der Waals surface area contributed by atoms with Crippen molar-refractivity contribution in [3.63, 3.8) is 0 Å². The van der Waals surface area contributed by atoms with E-state index in [-0.39, 0.29) is 29.8 Å². The lowest BCUT2D eigenvalue weighted by Gasteiger charge is -2.24. The third-order valence-corrected chi connectivity index (χ3v) is 3.63. The van der Waals surface area contributed by atoms with E-state index in [0.717, 1.165) is 38.4 Å². The Labute approximate surface area is 129 Å². The van der Waals surface area contributed by atoms with Crippen molar-refractivity contribution < 1.29 is 13.6 Å². The first-order valence-corrected chi connectivity index (χ1v) is 7.11. The van der Waals surface area contributed by atoms with Crippen LogP contribution < -0.4 is 10.6 Å². The molecule has 0 aromatic heterocycles. The number of carbonyl (C=O) groups is 1. The van der Waals surface area contributed by atoms with Gasteiger partial charge in [-0.1, -0.05) is 6.92 Å². The van der Waals surface area contributed by atoms with Crippen LogP contribution in [0.5, 0.6) is 0 Å². The van der Waals surface area contributed by atoms with Gasteiger partial charge in [-0.05, 0) is 56.0 Å². The molecule has 0 aliphatic carbocycles. The normalized spacial score (nSPS) is 15.4. The number of hydrogen-bond acceptors (Lipinski definition) is 2. The van der Waals surface area contributed by atoms with Crippen molar-refractivity contribution >= 4 is 18.3 Å². The molecular formula is C15H21ClF2N2O. The van der Waals surface area contributed by atoms with Crippen LogP contribution in [0, 0.1) is 11.6 Å². The summed E-state index contributed by atoms with van der Waals surface area (Å²) in [5, 5.41) is 5.87. The molecule has 1 aliphatic heterocycles. The van der Waals surface area contributed by atoms with Crippen LogP contribution in [0.15, 0.2) is 12.1 Å². The molecule has 0 unspecified atom stereocenters. The lowest BCUT2D eigenvalue weighted by Crippen LogP contribution is -2.28. The van der Waals surface area contributed by atoms with Crippen LogP contribution >= 0.6 is 12.4 Å². The molecule has 1 aromatic rings. The quantitative estimate of drug-likeness (QED) is 0.896. The molecule has 1 aliphatic rings. The minimum absolute atomic E-state index is 0. The zero-order valence-corrected chi connectivity index (χ0v) is 12.9. The Bertz CT molecular complexity index is 491. The molecule has 0 atom stereocenters. The van der Waals surface area contributed by atoms with Gasteiger partial charge in [-0.15, -0.1) is 12.4 Å². The number of amides is 1. The van der Waals surface area contributed by atoms with Crippen molar-refractivity contribution in [1.82, 2.24) is 10.6 Å². The predicted octanol–water partition coefficient (Wildman–Crippen LogP) is 2.99. The maximum absolute atomic E-state index is 14.0. The Balaban J connectivity index is 0.00000220. The van der Waals surface area contributed by atoms with Crippen molar-refractivity contribution in [2.24, 2.45) is 0 Å². The van der Waals surface area contributed by atoms with Gasteiger partial charge in [-0.2, -0.15) is 0 Å². The Morgan fingerprint density at radius 1 is 1.33 bits per heavy atom. The summed E-state index contributed by atoms with van der Waals surface area (Å²) in [6.45, 7) is 4.04. The molecule has 21 heavy (non-hydrogen) atoms. The molecule has 0 radical (unpaired) electrons.